The van der Waals surface area contributed by atoms with Crippen molar-refractivity contribution in [1.82, 2.24) is 13.3 Å². The Morgan fingerprint density at radius 2 is 1.85 bits per heavy atom. The molecule has 1 aliphatic heterocycles. The summed E-state index contributed by atoms with van der Waals surface area (Å²) < 4.78 is 4.04. The molecule has 0 spiro atoms. The van der Waals surface area contributed by atoms with Gasteiger partial charge >= 0.3 is 0 Å². The van der Waals surface area contributed by atoms with Gasteiger partial charge in [-0.2, -0.15) is 0 Å². The van der Waals surface area contributed by atoms with Gasteiger partial charge in [0.15, 0.2) is 0 Å². The van der Waals surface area contributed by atoms with Crippen molar-refractivity contribution >= 4 is 71.2 Å². The van der Waals surface area contributed by atoms with Crippen molar-refractivity contribution in [2.24, 2.45) is 0 Å². The second kappa shape index (κ2) is 5.62. The van der Waals surface area contributed by atoms with Gasteiger partial charge in [-0.1, -0.05) is 30.3 Å². The minimum absolute atomic E-state index is 0.159. The average molecular weight is 473 g/mol. The van der Waals surface area contributed by atoms with Crippen molar-refractivity contribution in [2.75, 3.05) is 0 Å². The second-order valence-electron chi connectivity index (χ2n) is 6.30. The van der Waals surface area contributed by atoms with Gasteiger partial charge in [0.25, 0.3) is 0 Å². The summed E-state index contributed by atoms with van der Waals surface area (Å²) in [5.74, 6) is -0.961. The molecule has 1 unspecified atom stereocenters. The number of aromatic nitrogens is 2. The highest BCUT2D eigenvalue weighted by atomic mass is 79.9. The highest BCUT2D eigenvalue weighted by Crippen LogP contribution is 2.40. The van der Waals surface area contributed by atoms with E-state index < -0.39 is 5.92 Å². The van der Waals surface area contributed by atoms with E-state index in [1.165, 1.54) is 0 Å². The fourth-order valence-corrected chi connectivity index (χ4v) is 4.77. The molecule has 2 aromatic heterocycles. The average Bonchev–Trinajstić information content (AvgIpc) is 3.22. The van der Waals surface area contributed by atoms with E-state index in [-0.39, 0.29) is 18.2 Å². The number of carbonyl (C=O) groups is 2. The minimum atomic E-state index is -0.504. The monoisotopic (exact) mass is 471 g/mol. The van der Waals surface area contributed by atoms with Gasteiger partial charge in [-0.3, -0.25) is 14.0 Å². The van der Waals surface area contributed by atoms with Crippen molar-refractivity contribution in [3.8, 4) is 0 Å². The summed E-state index contributed by atoms with van der Waals surface area (Å²) in [4.78, 5) is 29.1. The molecule has 0 bridgehead atoms. The zero-order valence-corrected chi connectivity index (χ0v) is 16.5. The summed E-state index contributed by atoms with van der Waals surface area (Å²) in [5.41, 5.74) is 2.64. The predicted molar refractivity (Wildman–Crippen MR) is 106 cm³/mol. The van der Waals surface area contributed by atoms with Crippen molar-refractivity contribution in [3.05, 3.63) is 58.8 Å². The lowest BCUT2D eigenvalue weighted by molar-refractivity contribution is -0.131. The van der Waals surface area contributed by atoms with E-state index in [4.69, 9.17) is 0 Å². The van der Waals surface area contributed by atoms with Crippen LogP contribution in [0.1, 0.15) is 17.9 Å². The fourth-order valence-electron chi connectivity index (χ4n) is 3.83. The third-order valence-corrected chi connectivity index (χ3v) is 6.33. The Morgan fingerprint density at radius 1 is 1.08 bits per heavy atom. The van der Waals surface area contributed by atoms with Gasteiger partial charge in [0.2, 0.25) is 11.8 Å². The predicted octanol–water partition coefficient (Wildman–Crippen LogP) is 4.56. The van der Waals surface area contributed by atoms with E-state index in [2.05, 4.69) is 43.1 Å². The summed E-state index contributed by atoms with van der Waals surface area (Å²) in [5, 5.41) is 3.00. The van der Waals surface area contributed by atoms with E-state index >= 15 is 0 Å². The Labute approximate surface area is 165 Å². The lowest BCUT2D eigenvalue weighted by Crippen LogP contribution is -2.19. The van der Waals surface area contributed by atoms with E-state index in [0.717, 1.165) is 41.3 Å². The number of rotatable bonds is 1. The molecule has 128 valence electrons. The fraction of sp³-hybridized carbons (Fsp3) is 0.105. The Morgan fingerprint density at radius 3 is 2.62 bits per heavy atom. The SMILES string of the molecule is O=C1CC(c2cccc3c4cccc(Br)c4n4ccnc4c23)C(=O)N1Br. The van der Waals surface area contributed by atoms with Crippen LogP contribution in [-0.4, -0.2) is 25.1 Å². The van der Waals surface area contributed by atoms with Crippen LogP contribution in [0, 0.1) is 0 Å². The van der Waals surface area contributed by atoms with Crippen molar-refractivity contribution in [2.45, 2.75) is 12.3 Å². The minimum Gasteiger partial charge on any atom is -0.298 e. The molecule has 3 heterocycles. The lowest BCUT2D eigenvalue weighted by Gasteiger charge is -2.15. The van der Waals surface area contributed by atoms with Crippen LogP contribution in [0.5, 0.6) is 0 Å². The molecule has 1 fully saturated rings. The van der Waals surface area contributed by atoms with Crippen LogP contribution in [0.3, 0.4) is 0 Å². The Balaban J connectivity index is 1.95. The molecular formula is C19H11Br2N3O2. The molecule has 0 radical (unpaired) electrons. The van der Waals surface area contributed by atoms with Crippen LogP contribution >= 0.6 is 32.1 Å². The van der Waals surface area contributed by atoms with Crippen molar-refractivity contribution in [1.29, 1.82) is 0 Å². The van der Waals surface area contributed by atoms with E-state index in [9.17, 15) is 9.59 Å². The van der Waals surface area contributed by atoms with Crippen LogP contribution in [-0.2, 0) is 9.59 Å². The van der Waals surface area contributed by atoms with E-state index in [1.54, 1.807) is 6.20 Å². The van der Waals surface area contributed by atoms with Gasteiger partial charge in [-0.25, -0.2) is 8.91 Å². The third-order valence-electron chi connectivity index (χ3n) is 4.94. The Hall–Kier alpha value is -2.25. The summed E-state index contributed by atoms with van der Waals surface area (Å²) in [6.45, 7) is 0. The number of hydrogen-bond acceptors (Lipinski definition) is 3. The Bertz CT molecular complexity index is 1250. The second-order valence-corrected chi connectivity index (χ2v) is 7.86. The maximum atomic E-state index is 12.6. The third kappa shape index (κ3) is 2.04. The van der Waals surface area contributed by atoms with Crippen molar-refractivity contribution in [3.63, 3.8) is 0 Å². The first-order valence-corrected chi connectivity index (χ1v) is 9.56. The molecule has 7 heteroatoms. The number of hydrogen-bond donors (Lipinski definition) is 0. The molecular weight excluding hydrogens is 462 g/mol. The van der Waals surface area contributed by atoms with Gasteiger partial charge in [0, 0.05) is 34.1 Å². The summed E-state index contributed by atoms with van der Waals surface area (Å²) in [7, 11) is 0. The number of imidazole rings is 1. The van der Waals surface area contributed by atoms with Gasteiger partial charge in [-0.05, 0) is 32.9 Å². The zero-order chi connectivity index (χ0) is 18.0. The van der Waals surface area contributed by atoms with Gasteiger partial charge < -0.3 is 0 Å². The molecule has 0 N–H and O–H groups in total. The number of carbonyl (C=O) groups excluding carboxylic acids is 2. The number of imide groups is 1. The first kappa shape index (κ1) is 16.0. The zero-order valence-electron chi connectivity index (χ0n) is 13.3. The number of halogens is 2. The van der Waals surface area contributed by atoms with Crippen LogP contribution < -0.4 is 0 Å². The maximum Gasteiger partial charge on any atom is 0.247 e. The molecule has 0 saturated carbocycles. The van der Waals surface area contributed by atoms with E-state index in [0.29, 0.717) is 0 Å². The van der Waals surface area contributed by atoms with Crippen LogP contribution in [0.4, 0.5) is 0 Å². The van der Waals surface area contributed by atoms with Gasteiger partial charge in [-0.15, -0.1) is 0 Å². The molecule has 26 heavy (non-hydrogen) atoms. The highest BCUT2D eigenvalue weighted by molar-refractivity contribution is 9.10. The summed E-state index contributed by atoms with van der Waals surface area (Å²) in [6, 6.07) is 11.9. The van der Waals surface area contributed by atoms with Crippen LogP contribution in [0.15, 0.2) is 53.3 Å². The largest absolute Gasteiger partial charge is 0.298 e. The first-order chi connectivity index (χ1) is 12.6. The topological polar surface area (TPSA) is 54.7 Å². The molecule has 1 atom stereocenters. The Kier molecular flexibility index (Phi) is 3.45. The molecule has 2 amide bonds. The molecule has 0 aliphatic carbocycles. The van der Waals surface area contributed by atoms with Crippen LogP contribution in [0.2, 0.25) is 0 Å². The highest BCUT2D eigenvalue weighted by Gasteiger charge is 2.39. The molecule has 4 aromatic rings. The number of fused-ring (bicyclic) bond motifs is 6. The lowest BCUT2D eigenvalue weighted by atomic mass is 9.91. The molecule has 5 rings (SSSR count). The van der Waals surface area contributed by atoms with E-state index in [1.807, 2.05) is 40.9 Å². The standard InChI is InChI=1S/C19H11Br2N3O2/c20-14-6-2-5-12-10-3-1-4-11(13-9-15(25)24(21)19(13)26)16(10)18-22-7-8-23(18)17(12)14/h1-8,13H,9H2. The van der Waals surface area contributed by atoms with Gasteiger partial charge in [0.05, 0.1) is 27.6 Å². The first-order valence-electron chi connectivity index (χ1n) is 8.06. The summed E-state index contributed by atoms with van der Waals surface area (Å²) >= 11 is 6.71. The number of amides is 2. The molecule has 2 aromatic carbocycles. The summed E-state index contributed by atoms with van der Waals surface area (Å²) in [6.07, 6.45) is 3.83. The molecule has 5 nitrogen and oxygen atoms in total. The number of pyridine rings is 1. The maximum absolute atomic E-state index is 12.6. The quantitative estimate of drug-likeness (QED) is 0.232. The normalized spacial score (nSPS) is 17.9. The molecule has 1 aliphatic rings. The number of nitrogens with zero attached hydrogens (tertiary/aromatic N) is 3. The smallest absolute Gasteiger partial charge is 0.247 e. The number of para-hydroxylation sites is 1. The number of benzene rings is 2. The van der Waals surface area contributed by atoms with Crippen molar-refractivity contribution < 1.29 is 9.59 Å². The van der Waals surface area contributed by atoms with Crippen LogP contribution in [0.25, 0.3) is 27.3 Å². The molecule has 1 saturated heterocycles. The van der Waals surface area contributed by atoms with Gasteiger partial charge in [0.1, 0.15) is 5.65 Å².